The number of rotatable bonds is 6. The quantitative estimate of drug-likeness (QED) is 0.890. The second-order valence-electron chi connectivity index (χ2n) is 4.75. The summed E-state index contributed by atoms with van der Waals surface area (Å²) in [5.74, 6) is 1.88. The smallest absolute Gasteiger partial charge is 0.124 e. The van der Waals surface area contributed by atoms with Gasteiger partial charge in [0.15, 0.2) is 0 Å². The SMILES string of the molecule is CNC(C)c1cc(Cl)ccc1OCCc1nccn1C. The summed E-state index contributed by atoms with van der Waals surface area (Å²) in [5.41, 5.74) is 1.07. The number of halogens is 1. The van der Waals surface area contributed by atoms with Gasteiger partial charge in [-0.1, -0.05) is 11.6 Å². The van der Waals surface area contributed by atoms with Crippen LogP contribution < -0.4 is 10.1 Å². The minimum atomic E-state index is 0.192. The minimum Gasteiger partial charge on any atom is -0.493 e. The molecule has 0 aliphatic rings. The number of ether oxygens (including phenoxy) is 1. The summed E-state index contributed by atoms with van der Waals surface area (Å²) >= 11 is 6.06. The molecule has 20 heavy (non-hydrogen) atoms. The number of aromatic nitrogens is 2. The van der Waals surface area contributed by atoms with E-state index in [0.717, 1.165) is 28.6 Å². The van der Waals surface area contributed by atoms with Crippen LogP contribution in [-0.4, -0.2) is 23.2 Å². The Kier molecular flexibility index (Phi) is 5.04. The Morgan fingerprint density at radius 2 is 2.25 bits per heavy atom. The summed E-state index contributed by atoms with van der Waals surface area (Å²) in [6, 6.07) is 5.91. The van der Waals surface area contributed by atoms with Crippen molar-refractivity contribution in [2.75, 3.05) is 13.7 Å². The van der Waals surface area contributed by atoms with Crippen LogP contribution in [0.1, 0.15) is 24.4 Å². The van der Waals surface area contributed by atoms with E-state index in [9.17, 15) is 0 Å². The first-order valence-electron chi connectivity index (χ1n) is 6.67. The zero-order valence-electron chi connectivity index (χ0n) is 12.1. The van der Waals surface area contributed by atoms with Gasteiger partial charge in [-0.05, 0) is 32.2 Å². The average molecular weight is 294 g/mol. The summed E-state index contributed by atoms with van der Waals surface area (Å²) in [6.45, 7) is 2.67. The first-order valence-corrected chi connectivity index (χ1v) is 7.05. The van der Waals surface area contributed by atoms with Crippen LogP contribution in [0.5, 0.6) is 5.75 Å². The van der Waals surface area contributed by atoms with E-state index in [1.165, 1.54) is 0 Å². The Morgan fingerprint density at radius 3 is 2.90 bits per heavy atom. The number of nitrogens with one attached hydrogen (secondary N) is 1. The lowest BCUT2D eigenvalue weighted by molar-refractivity contribution is 0.311. The molecule has 1 atom stereocenters. The fourth-order valence-corrected chi connectivity index (χ4v) is 2.21. The minimum absolute atomic E-state index is 0.192. The number of imidazole rings is 1. The van der Waals surface area contributed by atoms with Crippen molar-refractivity contribution < 1.29 is 4.74 Å². The summed E-state index contributed by atoms with van der Waals surface area (Å²) in [4.78, 5) is 4.28. The van der Waals surface area contributed by atoms with Gasteiger partial charge in [0.25, 0.3) is 0 Å². The lowest BCUT2D eigenvalue weighted by Gasteiger charge is -2.17. The fourth-order valence-electron chi connectivity index (χ4n) is 2.03. The van der Waals surface area contributed by atoms with Gasteiger partial charge >= 0.3 is 0 Å². The van der Waals surface area contributed by atoms with Gasteiger partial charge in [0.1, 0.15) is 11.6 Å². The van der Waals surface area contributed by atoms with E-state index >= 15 is 0 Å². The molecule has 108 valence electrons. The van der Waals surface area contributed by atoms with E-state index in [0.29, 0.717) is 6.61 Å². The number of benzene rings is 1. The molecule has 0 amide bonds. The van der Waals surface area contributed by atoms with Gasteiger partial charge in [-0.25, -0.2) is 4.98 Å². The molecule has 2 aromatic rings. The predicted octanol–water partition coefficient (Wildman–Crippen LogP) is 2.98. The molecular formula is C15H20ClN3O. The molecule has 1 unspecified atom stereocenters. The van der Waals surface area contributed by atoms with Gasteiger partial charge in [-0.15, -0.1) is 0 Å². The first kappa shape index (κ1) is 14.9. The summed E-state index contributed by atoms with van der Waals surface area (Å²) in [5, 5.41) is 3.93. The maximum Gasteiger partial charge on any atom is 0.124 e. The van der Waals surface area contributed by atoms with Crippen molar-refractivity contribution in [3.8, 4) is 5.75 Å². The van der Waals surface area contributed by atoms with Gasteiger partial charge in [-0.3, -0.25) is 0 Å². The molecule has 0 aliphatic heterocycles. The Hall–Kier alpha value is -1.52. The molecule has 0 saturated carbocycles. The number of hydrogen-bond acceptors (Lipinski definition) is 3. The molecule has 0 fully saturated rings. The highest BCUT2D eigenvalue weighted by Crippen LogP contribution is 2.28. The number of aryl methyl sites for hydroxylation is 1. The lowest BCUT2D eigenvalue weighted by atomic mass is 10.1. The monoisotopic (exact) mass is 293 g/mol. The summed E-state index contributed by atoms with van der Waals surface area (Å²) in [7, 11) is 3.91. The third-order valence-corrected chi connectivity index (χ3v) is 3.61. The molecule has 0 bridgehead atoms. The summed E-state index contributed by atoms with van der Waals surface area (Å²) < 4.78 is 7.89. The zero-order chi connectivity index (χ0) is 14.5. The Labute approximate surface area is 124 Å². The van der Waals surface area contributed by atoms with Crippen LogP contribution in [0.4, 0.5) is 0 Å². The van der Waals surface area contributed by atoms with Crippen LogP contribution in [0.2, 0.25) is 5.02 Å². The Balaban J connectivity index is 2.04. The molecule has 4 nitrogen and oxygen atoms in total. The fraction of sp³-hybridized carbons (Fsp3) is 0.400. The topological polar surface area (TPSA) is 39.1 Å². The molecule has 0 aliphatic carbocycles. The average Bonchev–Trinajstić information content (AvgIpc) is 2.85. The molecule has 1 aromatic heterocycles. The maximum atomic E-state index is 6.06. The molecule has 5 heteroatoms. The molecule has 0 radical (unpaired) electrons. The molecule has 1 heterocycles. The van der Waals surface area contributed by atoms with E-state index < -0.39 is 0 Å². The van der Waals surface area contributed by atoms with Crippen molar-refractivity contribution in [1.29, 1.82) is 0 Å². The third kappa shape index (κ3) is 3.52. The van der Waals surface area contributed by atoms with E-state index in [4.69, 9.17) is 16.3 Å². The Bertz CT molecular complexity index is 568. The zero-order valence-corrected chi connectivity index (χ0v) is 12.8. The maximum absolute atomic E-state index is 6.06. The molecule has 2 rings (SSSR count). The highest BCUT2D eigenvalue weighted by atomic mass is 35.5. The molecular weight excluding hydrogens is 274 g/mol. The number of hydrogen-bond donors (Lipinski definition) is 1. The van der Waals surface area contributed by atoms with Crippen LogP contribution in [0.15, 0.2) is 30.6 Å². The second-order valence-corrected chi connectivity index (χ2v) is 5.18. The van der Waals surface area contributed by atoms with Crippen LogP contribution in [-0.2, 0) is 13.5 Å². The van der Waals surface area contributed by atoms with Crippen LogP contribution in [0, 0.1) is 0 Å². The van der Waals surface area contributed by atoms with Crippen molar-refractivity contribution in [3.05, 3.63) is 47.0 Å². The van der Waals surface area contributed by atoms with E-state index in [1.54, 1.807) is 6.20 Å². The molecule has 0 saturated heterocycles. The van der Waals surface area contributed by atoms with E-state index in [-0.39, 0.29) is 6.04 Å². The third-order valence-electron chi connectivity index (χ3n) is 3.38. The van der Waals surface area contributed by atoms with Crippen LogP contribution in [0.25, 0.3) is 0 Å². The van der Waals surface area contributed by atoms with Gasteiger partial charge in [-0.2, -0.15) is 0 Å². The second kappa shape index (κ2) is 6.77. The first-order chi connectivity index (χ1) is 9.61. The summed E-state index contributed by atoms with van der Waals surface area (Å²) in [6.07, 6.45) is 4.51. The van der Waals surface area contributed by atoms with Gasteiger partial charge in [0, 0.05) is 42.5 Å². The molecule has 1 N–H and O–H groups in total. The number of nitrogens with zero attached hydrogens (tertiary/aromatic N) is 2. The van der Waals surface area contributed by atoms with Gasteiger partial charge < -0.3 is 14.6 Å². The van der Waals surface area contributed by atoms with Crippen molar-refractivity contribution in [2.45, 2.75) is 19.4 Å². The highest BCUT2D eigenvalue weighted by molar-refractivity contribution is 6.30. The lowest BCUT2D eigenvalue weighted by Crippen LogP contribution is -2.14. The predicted molar refractivity (Wildman–Crippen MR) is 81.3 cm³/mol. The van der Waals surface area contributed by atoms with Gasteiger partial charge in [0.2, 0.25) is 0 Å². The van der Waals surface area contributed by atoms with Crippen molar-refractivity contribution >= 4 is 11.6 Å². The molecule has 0 spiro atoms. The van der Waals surface area contributed by atoms with Crippen molar-refractivity contribution in [3.63, 3.8) is 0 Å². The van der Waals surface area contributed by atoms with Crippen molar-refractivity contribution in [2.24, 2.45) is 7.05 Å². The normalized spacial score (nSPS) is 12.4. The van der Waals surface area contributed by atoms with Crippen LogP contribution >= 0.6 is 11.6 Å². The standard InChI is InChI=1S/C15H20ClN3O/c1-11(17-2)13-10-12(16)4-5-14(13)20-9-6-15-18-7-8-19(15)3/h4-5,7-8,10-11,17H,6,9H2,1-3H3. The highest BCUT2D eigenvalue weighted by Gasteiger charge is 2.11. The Morgan fingerprint density at radius 1 is 1.45 bits per heavy atom. The van der Waals surface area contributed by atoms with Crippen molar-refractivity contribution in [1.82, 2.24) is 14.9 Å². The molecule has 1 aromatic carbocycles. The van der Waals surface area contributed by atoms with E-state index in [2.05, 4.69) is 17.2 Å². The van der Waals surface area contributed by atoms with Gasteiger partial charge in [0.05, 0.1) is 6.61 Å². The largest absolute Gasteiger partial charge is 0.493 e. The van der Waals surface area contributed by atoms with Crippen LogP contribution in [0.3, 0.4) is 0 Å². The van der Waals surface area contributed by atoms with E-state index in [1.807, 2.05) is 43.1 Å².